The molecule has 64 heavy (non-hydrogen) atoms. The number of thiophene rings is 1. The number of fused-ring (bicyclic) bond motifs is 9. The summed E-state index contributed by atoms with van der Waals surface area (Å²) >= 11 is 1.87. The van der Waals surface area contributed by atoms with Gasteiger partial charge in [-0.15, -0.1) is 11.3 Å². The molecule has 298 valence electrons. The molecule has 0 amide bonds. The third kappa shape index (κ3) is 5.91. The van der Waals surface area contributed by atoms with Crippen molar-refractivity contribution in [3.63, 3.8) is 0 Å². The predicted octanol–water partition coefficient (Wildman–Crippen LogP) is 18.3. The fraction of sp³-hybridized carbons (Fsp3) is 0. The molecule has 0 N–H and O–H groups in total. The maximum absolute atomic E-state index is 2.47. The Morgan fingerprint density at radius 2 is 0.781 bits per heavy atom. The Labute approximate surface area is 375 Å². The van der Waals surface area contributed by atoms with E-state index in [-0.39, 0.29) is 0 Å². The monoisotopic (exact) mass is 829 g/mol. The zero-order valence-corrected chi connectivity index (χ0v) is 35.7. The highest BCUT2D eigenvalue weighted by molar-refractivity contribution is 7.25. The van der Waals surface area contributed by atoms with E-state index in [1.54, 1.807) is 0 Å². The van der Waals surface area contributed by atoms with E-state index >= 15 is 0 Å². The summed E-state index contributed by atoms with van der Waals surface area (Å²) in [6.45, 7) is 0. The van der Waals surface area contributed by atoms with Crippen LogP contribution in [0.5, 0.6) is 0 Å². The molecule has 0 saturated carbocycles. The van der Waals surface area contributed by atoms with Gasteiger partial charge in [0, 0.05) is 36.9 Å². The Bertz CT molecular complexity index is 3960. The van der Waals surface area contributed by atoms with Gasteiger partial charge in [0.2, 0.25) is 0 Å². The smallest absolute Gasteiger partial charge is 0.0540 e. The minimum absolute atomic E-state index is 1.10. The van der Waals surface area contributed by atoms with Crippen molar-refractivity contribution in [2.75, 3.05) is 4.90 Å². The number of anilines is 3. The van der Waals surface area contributed by atoms with Crippen molar-refractivity contribution in [2.24, 2.45) is 0 Å². The van der Waals surface area contributed by atoms with E-state index in [1.165, 1.54) is 107 Å². The summed E-state index contributed by atoms with van der Waals surface area (Å²) in [6.07, 6.45) is 0. The van der Waals surface area contributed by atoms with E-state index in [9.17, 15) is 0 Å². The molecule has 0 spiro atoms. The second kappa shape index (κ2) is 14.8. The third-order valence-electron chi connectivity index (χ3n) is 13.2. The van der Waals surface area contributed by atoms with E-state index in [2.05, 4.69) is 241 Å². The highest BCUT2D eigenvalue weighted by Gasteiger charge is 2.20. The molecule has 0 bridgehead atoms. The summed E-state index contributed by atoms with van der Waals surface area (Å²) in [5.41, 5.74) is 10.7. The maximum atomic E-state index is 2.47. The Morgan fingerprint density at radius 1 is 0.250 bits per heavy atom. The first-order valence-corrected chi connectivity index (χ1v) is 22.8. The lowest BCUT2D eigenvalue weighted by Crippen LogP contribution is -2.10. The van der Waals surface area contributed by atoms with Crippen LogP contribution in [0.25, 0.3) is 107 Å². The lowest BCUT2D eigenvalue weighted by atomic mass is 9.90. The Balaban J connectivity index is 1.01. The summed E-state index contributed by atoms with van der Waals surface area (Å²) in [5.74, 6) is 0. The van der Waals surface area contributed by atoms with Crippen LogP contribution in [-0.4, -0.2) is 0 Å². The molecular formula is C62H39NS. The quantitative estimate of drug-likeness (QED) is 0.151. The Hall–Kier alpha value is -8.04. The molecule has 1 heterocycles. The molecule has 0 radical (unpaired) electrons. The van der Waals surface area contributed by atoms with Gasteiger partial charge in [0.1, 0.15) is 0 Å². The van der Waals surface area contributed by atoms with Crippen molar-refractivity contribution < 1.29 is 0 Å². The normalized spacial score (nSPS) is 11.8. The van der Waals surface area contributed by atoms with Gasteiger partial charge in [-0.1, -0.05) is 182 Å². The van der Waals surface area contributed by atoms with E-state index in [4.69, 9.17) is 0 Å². The summed E-state index contributed by atoms with van der Waals surface area (Å²) in [4.78, 5) is 2.47. The average Bonchev–Trinajstić information content (AvgIpc) is 3.72. The molecule has 2 heteroatoms. The van der Waals surface area contributed by atoms with Gasteiger partial charge in [-0.05, 0) is 136 Å². The highest BCUT2D eigenvalue weighted by atomic mass is 32.1. The van der Waals surface area contributed by atoms with Crippen LogP contribution in [0.3, 0.4) is 0 Å². The summed E-state index contributed by atoms with van der Waals surface area (Å²) in [6, 6.07) is 87.4. The van der Waals surface area contributed by atoms with Crippen LogP contribution in [0.1, 0.15) is 0 Å². The van der Waals surface area contributed by atoms with Gasteiger partial charge in [-0.25, -0.2) is 0 Å². The van der Waals surface area contributed by atoms with Crippen LogP contribution < -0.4 is 4.90 Å². The number of benzene rings is 12. The molecule has 12 aromatic carbocycles. The van der Waals surface area contributed by atoms with Crippen molar-refractivity contribution in [3.05, 3.63) is 237 Å². The minimum Gasteiger partial charge on any atom is -0.310 e. The second-order valence-electron chi connectivity index (χ2n) is 16.8. The predicted molar refractivity (Wildman–Crippen MR) is 278 cm³/mol. The zero-order chi connectivity index (χ0) is 42.1. The summed E-state index contributed by atoms with van der Waals surface area (Å²) in [7, 11) is 0. The minimum atomic E-state index is 1.10. The lowest BCUT2D eigenvalue weighted by Gasteiger charge is -2.28. The number of nitrogens with zero attached hydrogens (tertiary/aromatic N) is 1. The SMILES string of the molecule is c1ccc(-c2ccc(-c3ccc(N(c4ccc5sc6cc7ccccc7cc6c5c4)c4cccc5c(-c6cc7ccccc7c7ccccc67)cccc45)cc3)c3ccccc23)cc1. The summed E-state index contributed by atoms with van der Waals surface area (Å²) in [5, 5.41) is 15.1. The molecule has 0 saturated heterocycles. The topological polar surface area (TPSA) is 3.24 Å². The largest absolute Gasteiger partial charge is 0.310 e. The number of rotatable bonds is 6. The molecule has 0 fully saturated rings. The molecule has 0 unspecified atom stereocenters. The van der Waals surface area contributed by atoms with Crippen molar-refractivity contribution in [1.29, 1.82) is 0 Å². The van der Waals surface area contributed by atoms with Crippen molar-refractivity contribution in [2.45, 2.75) is 0 Å². The fourth-order valence-electron chi connectivity index (χ4n) is 10.2. The van der Waals surface area contributed by atoms with Crippen LogP contribution >= 0.6 is 11.3 Å². The van der Waals surface area contributed by atoms with Crippen LogP contribution in [0.15, 0.2) is 237 Å². The van der Waals surface area contributed by atoms with Gasteiger partial charge < -0.3 is 4.90 Å². The van der Waals surface area contributed by atoms with Crippen LogP contribution in [-0.2, 0) is 0 Å². The van der Waals surface area contributed by atoms with Gasteiger partial charge in [-0.3, -0.25) is 0 Å². The number of hydrogen-bond acceptors (Lipinski definition) is 2. The number of hydrogen-bond donors (Lipinski definition) is 0. The van der Waals surface area contributed by atoms with Gasteiger partial charge in [-0.2, -0.15) is 0 Å². The first-order chi connectivity index (χ1) is 31.7. The molecular weight excluding hydrogens is 791 g/mol. The average molecular weight is 830 g/mol. The van der Waals surface area contributed by atoms with Gasteiger partial charge >= 0.3 is 0 Å². The molecule has 1 aromatic heterocycles. The zero-order valence-electron chi connectivity index (χ0n) is 34.9. The van der Waals surface area contributed by atoms with Crippen LogP contribution in [0, 0.1) is 0 Å². The standard InChI is InChI=1S/C62H39NS/c1-2-14-40(15-3-1)48-33-34-49(52-22-9-8-21-51(48)52)41-28-30-45(31-29-41)63(46-32-35-61-59(39-46)58-36-42-16-4-5-17-43(42)38-62(58)64-61)60-27-13-25-53-55(24-12-26-56(53)60)57-37-44-18-6-7-19-47(44)50-20-10-11-23-54(50)57/h1-39H. The molecule has 1 nitrogen and oxygen atoms in total. The van der Waals surface area contributed by atoms with E-state index in [0.29, 0.717) is 0 Å². The first kappa shape index (κ1) is 36.6. The van der Waals surface area contributed by atoms with Crippen LogP contribution in [0.4, 0.5) is 17.1 Å². The molecule has 13 rings (SSSR count). The fourth-order valence-corrected chi connectivity index (χ4v) is 11.3. The molecule has 0 aliphatic rings. The van der Waals surface area contributed by atoms with E-state index < -0.39 is 0 Å². The second-order valence-corrected chi connectivity index (χ2v) is 17.9. The van der Waals surface area contributed by atoms with Crippen molar-refractivity contribution >= 4 is 102 Å². The first-order valence-electron chi connectivity index (χ1n) is 22.0. The van der Waals surface area contributed by atoms with Crippen molar-refractivity contribution in [3.8, 4) is 33.4 Å². The molecule has 0 aliphatic carbocycles. The molecule has 13 aromatic rings. The van der Waals surface area contributed by atoms with Gasteiger partial charge in [0.25, 0.3) is 0 Å². The van der Waals surface area contributed by atoms with Gasteiger partial charge in [0.15, 0.2) is 0 Å². The van der Waals surface area contributed by atoms with Gasteiger partial charge in [0.05, 0.1) is 5.69 Å². The Morgan fingerprint density at radius 3 is 1.53 bits per heavy atom. The van der Waals surface area contributed by atoms with Crippen LogP contribution in [0.2, 0.25) is 0 Å². The Kier molecular flexibility index (Phi) is 8.47. The summed E-state index contributed by atoms with van der Waals surface area (Å²) < 4.78 is 2.60. The lowest BCUT2D eigenvalue weighted by molar-refractivity contribution is 1.30. The van der Waals surface area contributed by atoms with E-state index in [0.717, 1.165) is 17.1 Å². The van der Waals surface area contributed by atoms with Crippen molar-refractivity contribution in [1.82, 2.24) is 0 Å². The third-order valence-corrected chi connectivity index (χ3v) is 14.4. The highest BCUT2D eigenvalue weighted by Crippen LogP contribution is 2.46. The maximum Gasteiger partial charge on any atom is 0.0540 e. The molecule has 0 aliphatic heterocycles. The molecule has 0 atom stereocenters. The van der Waals surface area contributed by atoms with E-state index in [1.807, 2.05) is 11.3 Å².